The summed E-state index contributed by atoms with van der Waals surface area (Å²) in [5, 5.41) is 7.95. The third kappa shape index (κ3) is 4.29. The summed E-state index contributed by atoms with van der Waals surface area (Å²) in [5.41, 5.74) is 5.84. The van der Waals surface area contributed by atoms with Crippen LogP contribution in [0.15, 0.2) is 17.4 Å². The number of nitrogens with two attached hydrogens (primary N) is 1. The molecule has 0 spiro atoms. The van der Waals surface area contributed by atoms with Crippen LogP contribution in [0.25, 0.3) is 0 Å². The van der Waals surface area contributed by atoms with Gasteiger partial charge >= 0.3 is 0 Å². The lowest BCUT2D eigenvalue weighted by molar-refractivity contribution is 0.631. The van der Waals surface area contributed by atoms with Gasteiger partial charge in [-0.25, -0.2) is 9.97 Å². The Labute approximate surface area is 94.2 Å². The predicted molar refractivity (Wildman–Crippen MR) is 63.2 cm³/mol. The summed E-state index contributed by atoms with van der Waals surface area (Å²) in [6.07, 6.45) is 2.78. The molecule has 0 unspecified atom stereocenters. The summed E-state index contributed by atoms with van der Waals surface area (Å²) in [6.45, 7) is 4.38. The molecule has 0 radical (unpaired) electrons. The molecule has 0 aliphatic heterocycles. The standard InChI is InChI=1S/C10H16N4S/c1-7(2)4-6-15-10-13-5-3-8(14-10)9(11)12/h3,5,7H,4,6H2,1-2H3,(H3,11,12). The van der Waals surface area contributed by atoms with Gasteiger partial charge in [0.15, 0.2) is 5.16 Å². The lowest BCUT2D eigenvalue weighted by atomic mass is 10.2. The van der Waals surface area contributed by atoms with Crippen molar-refractivity contribution in [2.24, 2.45) is 11.7 Å². The molecule has 1 aromatic rings. The number of hydrogen-bond donors (Lipinski definition) is 2. The van der Waals surface area contributed by atoms with Crippen LogP contribution in [0, 0.1) is 11.3 Å². The van der Waals surface area contributed by atoms with Gasteiger partial charge in [0.25, 0.3) is 0 Å². The maximum atomic E-state index is 7.26. The zero-order chi connectivity index (χ0) is 11.3. The molecule has 4 nitrogen and oxygen atoms in total. The van der Waals surface area contributed by atoms with Gasteiger partial charge in [0, 0.05) is 11.9 Å². The molecule has 0 saturated carbocycles. The molecule has 0 amide bonds. The molecule has 0 aliphatic carbocycles. The van der Waals surface area contributed by atoms with Gasteiger partial charge in [-0.05, 0) is 18.4 Å². The Morgan fingerprint density at radius 3 is 2.93 bits per heavy atom. The maximum Gasteiger partial charge on any atom is 0.188 e. The van der Waals surface area contributed by atoms with Gasteiger partial charge in [-0.1, -0.05) is 25.6 Å². The number of nitrogens with zero attached hydrogens (tertiary/aromatic N) is 2. The van der Waals surface area contributed by atoms with E-state index in [2.05, 4.69) is 23.8 Å². The van der Waals surface area contributed by atoms with E-state index in [4.69, 9.17) is 11.1 Å². The Bertz CT molecular complexity index is 338. The van der Waals surface area contributed by atoms with Crippen molar-refractivity contribution < 1.29 is 0 Å². The van der Waals surface area contributed by atoms with Gasteiger partial charge in [0.1, 0.15) is 11.5 Å². The Hall–Kier alpha value is -1.10. The quantitative estimate of drug-likeness (QED) is 0.346. The van der Waals surface area contributed by atoms with E-state index in [9.17, 15) is 0 Å². The highest BCUT2D eigenvalue weighted by Gasteiger charge is 2.02. The molecule has 0 saturated heterocycles. The number of rotatable bonds is 5. The summed E-state index contributed by atoms with van der Waals surface area (Å²) in [4.78, 5) is 8.29. The minimum absolute atomic E-state index is 0.0110. The molecule has 3 N–H and O–H groups in total. The minimum Gasteiger partial charge on any atom is -0.382 e. The third-order valence-electron chi connectivity index (χ3n) is 1.84. The van der Waals surface area contributed by atoms with E-state index in [0.29, 0.717) is 16.8 Å². The Balaban J connectivity index is 2.54. The van der Waals surface area contributed by atoms with E-state index in [1.165, 1.54) is 0 Å². The average Bonchev–Trinajstić information content (AvgIpc) is 2.17. The highest BCUT2D eigenvalue weighted by molar-refractivity contribution is 7.99. The first-order chi connectivity index (χ1) is 7.09. The molecule has 0 atom stereocenters. The van der Waals surface area contributed by atoms with Crippen molar-refractivity contribution in [3.63, 3.8) is 0 Å². The van der Waals surface area contributed by atoms with E-state index in [-0.39, 0.29) is 5.84 Å². The zero-order valence-corrected chi connectivity index (χ0v) is 9.84. The summed E-state index contributed by atoms with van der Waals surface area (Å²) in [5.74, 6) is 1.68. The molecular formula is C10H16N4S. The monoisotopic (exact) mass is 224 g/mol. The van der Waals surface area contributed by atoms with Crippen LogP contribution >= 0.6 is 11.8 Å². The number of thioether (sulfide) groups is 1. The van der Waals surface area contributed by atoms with Crippen LogP contribution < -0.4 is 5.73 Å². The van der Waals surface area contributed by atoms with Crippen LogP contribution in [-0.4, -0.2) is 21.6 Å². The molecule has 1 heterocycles. The molecule has 1 aromatic heterocycles. The molecular weight excluding hydrogens is 208 g/mol. The smallest absolute Gasteiger partial charge is 0.188 e. The Kier molecular flexibility index (Phi) is 4.55. The third-order valence-corrected chi connectivity index (χ3v) is 2.73. The fourth-order valence-electron chi connectivity index (χ4n) is 0.946. The van der Waals surface area contributed by atoms with Gasteiger partial charge in [-0.15, -0.1) is 0 Å². The van der Waals surface area contributed by atoms with E-state index in [0.717, 1.165) is 12.2 Å². The number of aromatic nitrogens is 2. The van der Waals surface area contributed by atoms with Crippen molar-refractivity contribution in [3.8, 4) is 0 Å². The van der Waals surface area contributed by atoms with Crippen LogP contribution in [0.4, 0.5) is 0 Å². The van der Waals surface area contributed by atoms with E-state index < -0.39 is 0 Å². The van der Waals surface area contributed by atoms with Crippen molar-refractivity contribution in [2.45, 2.75) is 25.4 Å². The van der Waals surface area contributed by atoms with Gasteiger partial charge in [-0.3, -0.25) is 5.41 Å². The van der Waals surface area contributed by atoms with Crippen molar-refractivity contribution in [2.75, 3.05) is 5.75 Å². The summed E-state index contributed by atoms with van der Waals surface area (Å²) >= 11 is 1.61. The van der Waals surface area contributed by atoms with Crippen LogP contribution in [0.2, 0.25) is 0 Å². The molecule has 1 rings (SSSR count). The molecule has 0 aliphatic rings. The van der Waals surface area contributed by atoms with E-state index in [1.807, 2.05) is 0 Å². The number of hydrogen-bond acceptors (Lipinski definition) is 4. The van der Waals surface area contributed by atoms with Gasteiger partial charge < -0.3 is 5.73 Å². The number of amidine groups is 1. The number of nitrogen functional groups attached to an aromatic ring is 1. The van der Waals surface area contributed by atoms with Gasteiger partial charge in [0.05, 0.1) is 0 Å². The molecule has 15 heavy (non-hydrogen) atoms. The first-order valence-corrected chi connectivity index (χ1v) is 5.88. The summed E-state index contributed by atoms with van der Waals surface area (Å²) in [7, 11) is 0. The van der Waals surface area contributed by atoms with Crippen LogP contribution in [0.1, 0.15) is 26.0 Å². The van der Waals surface area contributed by atoms with Crippen molar-refractivity contribution in [3.05, 3.63) is 18.0 Å². The minimum atomic E-state index is -0.0110. The molecule has 5 heteroatoms. The second kappa shape index (κ2) is 5.70. The average molecular weight is 224 g/mol. The fourth-order valence-corrected chi connectivity index (χ4v) is 2.02. The lowest BCUT2D eigenvalue weighted by Gasteiger charge is -2.04. The zero-order valence-electron chi connectivity index (χ0n) is 9.03. The first-order valence-electron chi connectivity index (χ1n) is 4.90. The summed E-state index contributed by atoms with van der Waals surface area (Å²) in [6, 6.07) is 1.65. The number of nitrogens with one attached hydrogen (secondary N) is 1. The van der Waals surface area contributed by atoms with Crippen LogP contribution in [-0.2, 0) is 0 Å². The van der Waals surface area contributed by atoms with Crippen molar-refractivity contribution in [1.29, 1.82) is 5.41 Å². The van der Waals surface area contributed by atoms with Crippen molar-refractivity contribution in [1.82, 2.24) is 9.97 Å². The highest BCUT2D eigenvalue weighted by atomic mass is 32.2. The second-order valence-corrected chi connectivity index (χ2v) is 4.73. The van der Waals surface area contributed by atoms with Gasteiger partial charge in [-0.2, -0.15) is 0 Å². The maximum absolute atomic E-state index is 7.26. The van der Waals surface area contributed by atoms with Crippen molar-refractivity contribution >= 4 is 17.6 Å². The molecule has 0 bridgehead atoms. The van der Waals surface area contributed by atoms with Gasteiger partial charge in [0.2, 0.25) is 0 Å². The normalized spacial score (nSPS) is 10.6. The molecule has 0 aromatic carbocycles. The highest BCUT2D eigenvalue weighted by Crippen LogP contribution is 2.15. The molecule has 0 fully saturated rings. The van der Waals surface area contributed by atoms with Crippen LogP contribution in [0.5, 0.6) is 0 Å². The Morgan fingerprint density at radius 1 is 1.60 bits per heavy atom. The topological polar surface area (TPSA) is 75.7 Å². The predicted octanol–water partition coefficient (Wildman–Crippen LogP) is 1.90. The summed E-state index contributed by atoms with van der Waals surface area (Å²) < 4.78 is 0. The first kappa shape index (κ1) is 12.0. The van der Waals surface area contributed by atoms with E-state index >= 15 is 0 Å². The fraction of sp³-hybridized carbons (Fsp3) is 0.500. The van der Waals surface area contributed by atoms with Crippen LogP contribution in [0.3, 0.4) is 0 Å². The SMILES string of the molecule is CC(C)CCSc1nccc(C(=N)N)n1. The lowest BCUT2D eigenvalue weighted by Crippen LogP contribution is -2.13. The Morgan fingerprint density at radius 2 is 2.33 bits per heavy atom. The van der Waals surface area contributed by atoms with E-state index in [1.54, 1.807) is 24.0 Å². The second-order valence-electron chi connectivity index (χ2n) is 3.67. The largest absolute Gasteiger partial charge is 0.382 e. The molecule has 82 valence electrons.